The van der Waals surface area contributed by atoms with E-state index in [0.717, 1.165) is 18.8 Å². The van der Waals surface area contributed by atoms with Crippen molar-refractivity contribution in [1.82, 2.24) is 4.90 Å². The van der Waals surface area contributed by atoms with Gasteiger partial charge in [0, 0.05) is 19.4 Å². The van der Waals surface area contributed by atoms with Gasteiger partial charge in [-0.3, -0.25) is 9.59 Å². The highest BCUT2D eigenvalue weighted by Crippen LogP contribution is 2.25. The second kappa shape index (κ2) is 41.6. The Kier molecular flexibility index (Phi) is 39.4. The van der Waals surface area contributed by atoms with Crippen molar-refractivity contribution < 1.29 is 19.1 Å². The van der Waals surface area contributed by atoms with Crippen LogP contribution in [-0.2, 0) is 19.1 Å². The maximum absolute atomic E-state index is 12.5. The van der Waals surface area contributed by atoms with Gasteiger partial charge in [0.1, 0.15) is 0 Å². The van der Waals surface area contributed by atoms with Crippen molar-refractivity contribution in [2.45, 2.75) is 272 Å². The van der Waals surface area contributed by atoms with Gasteiger partial charge in [-0.25, -0.2) is 0 Å². The third-order valence-electron chi connectivity index (χ3n) is 13.0. The minimum Gasteiger partial charge on any atom is -0.466 e. The number of hydrogen-bond donors (Lipinski definition) is 0. The maximum Gasteiger partial charge on any atom is 0.306 e. The van der Waals surface area contributed by atoms with E-state index in [4.69, 9.17) is 9.47 Å². The maximum atomic E-state index is 12.5. The first-order valence-corrected chi connectivity index (χ1v) is 26.1. The van der Waals surface area contributed by atoms with Gasteiger partial charge in [-0.1, -0.05) is 195 Å². The molecular formula is C52H101NO4. The van der Waals surface area contributed by atoms with E-state index in [-0.39, 0.29) is 11.9 Å². The second-order valence-electron chi connectivity index (χ2n) is 18.7. The molecule has 1 aliphatic heterocycles. The average Bonchev–Trinajstić information content (AvgIpc) is 3.72. The molecule has 1 rings (SSSR count). The first kappa shape index (κ1) is 53.9. The summed E-state index contributed by atoms with van der Waals surface area (Å²) in [5, 5.41) is 0. The monoisotopic (exact) mass is 804 g/mol. The van der Waals surface area contributed by atoms with Crippen LogP contribution in [-0.4, -0.2) is 49.7 Å². The van der Waals surface area contributed by atoms with Crippen LogP contribution in [0.25, 0.3) is 0 Å². The van der Waals surface area contributed by atoms with Gasteiger partial charge < -0.3 is 14.4 Å². The minimum atomic E-state index is 0.0456. The van der Waals surface area contributed by atoms with Crippen LogP contribution in [0.5, 0.6) is 0 Å². The Balaban J connectivity index is 2.08. The van der Waals surface area contributed by atoms with Crippen molar-refractivity contribution in [3.8, 4) is 0 Å². The Morgan fingerprint density at radius 2 is 0.667 bits per heavy atom. The van der Waals surface area contributed by atoms with Crippen LogP contribution in [0.15, 0.2) is 0 Å². The molecule has 5 nitrogen and oxygen atoms in total. The highest BCUT2D eigenvalue weighted by atomic mass is 16.5. The summed E-state index contributed by atoms with van der Waals surface area (Å²) in [7, 11) is 0. The summed E-state index contributed by atoms with van der Waals surface area (Å²) in [6.07, 6.45) is 47.5. The fourth-order valence-electron chi connectivity index (χ4n) is 9.24. The van der Waals surface area contributed by atoms with Gasteiger partial charge >= 0.3 is 11.9 Å². The molecule has 1 heterocycles. The summed E-state index contributed by atoms with van der Waals surface area (Å²) >= 11 is 0. The number of nitrogens with zero attached hydrogens (tertiary/aromatic N) is 1. The molecule has 1 fully saturated rings. The van der Waals surface area contributed by atoms with E-state index < -0.39 is 0 Å². The highest BCUT2D eigenvalue weighted by Gasteiger charge is 2.18. The number of esters is 2. The Hall–Kier alpha value is -1.10. The van der Waals surface area contributed by atoms with Gasteiger partial charge in [0.15, 0.2) is 0 Å². The van der Waals surface area contributed by atoms with Crippen LogP contribution in [0, 0.1) is 17.8 Å². The Morgan fingerprint density at radius 3 is 1.00 bits per heavy atom. The lowest BCUT2D eigenvalue weighted by Gasteiger charge is -2.23. The zero-order chi connectivity index (χ0) is 41.3. The third-order valence-corrected chi connectivity index (χ3v) is 13.0. The molecule has 0 N–H and O–H groups in total. The molecule has 1 aliphatic rings. The molecule has 0 amide bonds. The smallest absolute Gasteiger partial charge is 0.306 e. The molecule has 0 aromatic rings. The predicted octanol–water partition coefficient (Wildman–Crippen LogP) is 16.1. The zero-order valence-electron chi connectivity index (χ0n) is 39.2. The predicted molar refractivity (Wildman–Crippen MR) is 247 cm³/mol. The van der Waals surface area contributed by atoms with E-state index in [1.165, 1.54) is 238 Å². The topological polar surface area (TPSA) is 55.8 Å². The molecule has 0 aromatic heterocycles. The van der Waals surface area contributed by atoms with E-state index in [1.807, 2.05) is 0 Å². The van der Waals surface area contributed by atoms with E-state index >= 15 is 0 Å². The molecule has 1 saturated heterocycles. The first-order valence-electron chi connectivity index (χ1n) is 26.1. The number of likely N-dealkylation sites (tertiary alicyclic amines) is 1. The van der Waals surface area contributed by atoms with Crippen molar-refractivity contribution in [2.24, 2.45) is 17.8 Å². The van der Waals surface area contributed by atoms with E-state index in [1.54, 1.807) is 0 Å². The summed E-state index contributed by atoms with van der Waals surface area (Å²) in [4.78, 5) is 27.7. The SMILES string of the molecule is CCCCCC(CCCCC)CC(=O)OCCCCCCCCCCC(CCCCCCCCCCOC(=O)CC(CCCCC)CCCCC)CN1CCCC1. The van der Waals surface area contributed by atoms with Crippen LogP contribution >= 0.6 is 0 Å². The van der Waals surface area contributed by atoms with Gasteiger partial charge in [0.25, 0.3) is 0 Å². The first-order chi connectivity index (χ1) is 28.0. The zero-order valence-corrected chi connectivity index (χ0v) is 39.2. The van der Waals surface area contributed by atoms with Gasteiger partial charge in [-0.05, 0) is 95.1 Å². The van der Waals surface area contributed by atoms with Crippen LogP contribution in [0.3, 0.4) is 0 Å². The molecule has 0 aromatic carbocycles. The molecule has 5 heteroatoms. The average molecular weight is 804 g/mol. The number of hydrogen-bond acceptors (Lipinski definition) is 5. The van der Waals surface area contributed by atoms with Crippen molar-refractivity contribution in [1.29, 1.82) is 0 Å². The number of rotatable bonds is 44. The summed E-state index contributed by atoms with van der Waals surface area (Å²) in [5.41, 5.74) is 0. The van der Waals surface area contributed by atoms with Gasteiger partial charge in [0.2, 0.25) is 0 Å². The van der Waals surface area contributed by atoms with Gasteiger partial charge in [-0.15, -0.1) is 0 Å². The summed E-state index contributed by atoms with van der Waals surface area (Å²) in [5.74, 6) is 2.03. The molecule has 57 heavy (non-hydrogen) atoms. The van der Waals surface area contributed by atoms with Crippen LogP contribution in [0.4, 0.5) is 0 Å². The van der Waals surface area contributed by atoms with Gasteiger partial charge in [0.05, 0.1) is 13.2 Å². The number of unbranched alkanes of at least 4 members (excludes halogenated alkanes) is 22. The lowest BCUT2D eigenvalue weighted by atomic mass is 9.92. The fraction of sp³-hybridized carbons (Fsp3) is 0.962. The second-order valence-corrected chi connectivity index (χ2v) is 18.7. The Morgan fingerprint density at radius 1 is 0.386 bits per heavy atom. The summed E-state index contributed by atoms with van der Waals surface area (Å²) < 4.78 is 11.3. The van der Waals surface area contributed by atoms with Crippen molar-refractivity contribution in [3.05, 3.63) is 0 Å². The Labute approximate surface area is 357 Å². The van der Waals surface area contributed by atoms with Crippen molar-refractivity contribution in [2.75, 3.05) is 32.8 Å². The lowest BCUT2D eigenvalue weighted by molar-refractivity contribution is -0.146. The molecule has 0 spiro atoms. The van der Waals surface area contributed by atoms with Gasteiger partial charge in [-0.2, -0.15) is 0 Å². The number of carbonyl (C=O) groups excluding carboxylic acids is 2. The lowest BCUT2D eigenvalue weighted by Crippen LogP contribution is -2.26. The number of carbonyl (C=O) groups is 2. The molecule has 338 valence electrons. The summed E-state index contributed by atoms with van der Waals surface area (Å²) in [6.45, 7) is 14.2. The fourth-order valence-corrected chi connectivity index (χ4v) is 9.24. The minimum absolute atomic E-state index is 0.0456. The normalized spacial score (nSPS) is 13.5. The van der Waals surface area contributed by atoms with E-state index in [9.17, 15) is 9.59 Å². The standard InChI is InChI=1S/C52H101NO4/c1-5-9-25-35-48(36-26-10-6-2)45-51(54)56-43-33-23-19-15-13-17-21-29-39-50(47-53-41-31-32-42-53)40-30-22-18-14-16-20-24-34-44-57-52(55)46-49(37-27-11-7-3)38-28-12-8-4/h48-50H,5-47H2,1-4H3. The Bertz CT molecular complexity index is 777. The van der Waals surface area contributed by atoms with Crippen LogP contribution in [0.2, 0.25) is 0 Å². The molecule has 0 atom stereocenters. The molecule has 0 bridgehead atoms. The largest absolute Gasteiger partial charge is 0.466 e. The molecule has 0 unspecified atom stereocenters. The third kappa shape index (κ3) is 35.4. The quantitative estimate of drug-likeness (QED) is 0.0454. The highest BCUT2D eigenvalue weighted by molar-refractivity contribution is 5.70. The van der Waals surface area contributed by atoms with Crippen LogP contribution < -0.4 is 0 Å². The molecule has 0 saturated carbocycles. The molecule has 0 radical (unpaired) electrons. The van der Waals surface area contributed by atoms with E-state index in [2.05, 4.69) is 32.6 Å². The van der Waals surface area contributed by atoms with E-state index in [0.29, 0.717) is 37.9 Å². The van der Waals surface area contributed by atoms with Crippen molar-refractivity contribution >= 4 is 11.9 Å². The molecule has 0 aliphatic carbocycles. The summed E-state index contributed by atoms with van der Waals surface area (Å²) in [6, 6.07) is 0. The van der Waals surface area contributed by atoms with Crippen LogP contribution in [0.1, 0.15) is 272 Å². The van der Waals surface area contributed by atoms with Crippen molar-refractivity contribution in [3.63, 3.8) is 0 Å². The molecular weight excluding hydrogens is 703 g/mol. The number of ether oxygens (including phenoxy) is 2.